The van der Waals surface area contributed by atoms with Gasteiger partial charge in [-0.15, -0.1) is 0 Å². The smallest absolute Gasteiger partial charge is 0.348 e. The van der Waals surface area contributed by atoms with Crippen molar-refractivity contribution < 1.29 is 59.2 Å². The van der Waals surface area contributed by atoms with Crippen LogP contribution in [0.2, 0.25) is 0 Å². The molecule has 12 nitrogen and oxygen atoms in total. The highest BCUT2D eigenvalue weighted by Crippen LogP contribution is 2.35. The molecule has 12 heteroatoms. The number of aliphatic hydroxyl groups is 2. The van der Waals surface area contributed by atoms with E-state index < -0.39 is 54.7 Å². The van der Waals surface area contributed by atoms with Crippen LogP contribution in [0.4, 0.5) is 0 Å². The van der Waals surface area contributed by atoms with E-state index in [1.54, 1.807) is 0 Å². The molecule has 1 aliphatic rings. The molecule has 0 heterocycles. The van der Waals surface area contributed by atoms with Crippen molar-refractivity contribution in [3.8, 4) is 23.0 Å². The number of aryl methyl sites for hydroxylation is 1. The first-order valence-electron chi connectivity index (χ1n) is 11.5. The predicted molar refractivity (Wildman–Crippen MR) is 129 cm³/mol. The van der Waals surface area contributed by atoms with Crippen molar-refractivity contribution in [3.05, 3.63) is 53.6 Å². The van der Waals surface area contributed by atoms with Gasteiger partial charge in [0, 0.05) is 25.3 Å². The Hall–Kier alpha value is -4.29. The average Bonchev–Trinajstić information content (AvgIpc) is 2.86. The molecule has 0 saturated heterocycles. The number of hydrogen-bond donors (Lipinski definition) is 6. The Morgan fingerprint density at radius 2 is 1.63 bits per heavy atom. The quantitative estimate of drug-likeness (QED) is 0.154. The fourth-order valence-corrected chi connectivity index (χ4v) is 4.08. The van der Waals surface area contributed by atoms with Gasteiger partial charge in [-0.3, -0.25) is 4.79 Å². The number of ether oxygens (including phenoxy) is 3. The summed E-state index contributed by atoms with van der Waals surface area (Å²) >= 11 is 0. The Balaban J connectivity index is 1.62. The van der Waals surface area contributed by atoms with Gasteiger partial charge >= 0.3 is 17.9 Å². The van der Waals surface area contributed by atoms with Crippen molar-refractivity contribution in [2.75, 3.05) is 7.11 Å². The van der Waals surface area contributed by atoms with E-state index in [1.807, 2.05) is 0 Å². The van der Waals surface area contributed by atoms with Gasteiger partial charge in [0.2, 0.25) is 5.60 Å². The molecule has 1 aliphatic carbocycles. The van der Waals surface area contributed by atoms with Crippen molar-refractivity contribution >= 4 is 24.0 Å². The zero-order chi connectivity index (χ0) is 28.0. The molecular formula is C26H28O12. The summed E-state index contributed by atoms with van der Waals surface area (Å²) < 4.78 is 15.3. The highest BCUT2D eigenvalue weighted by atomic mass is 16.6. The SMILES string of the molecule is COc1cc(C=CC(=O)OC2(C(=O)O)C[C@@H](O)C(OC(=O)CCc3ccc(O)c(O)c3)[C@H](O)C2)ccc1O. The van der Waals surface area contributed by atoms with E-state index in [0.717, 1.165) is 6.08 Å². The van der Waals surface area contributed by atoms with Crippen LogP contribution in [0.25, 0.3) is 6.08 Å². The summed E-state index contributed by atoms with van der Waals surface area (Å²) in [5.41, 5.74) is -1.31. The average molecular weight is 532 g/mol. The second-order valence-corrected chi connectivity index (χ2v) is 8.81. The number of aromatic hydroxyl groups is 3. The fourth-order valence-electron chi connectivity index (χ4n) is 4.08. The zero-order valence-electron chi connectivity index (χ0n) is 20.3. The maximum atomic E-state index is 12.4. The molecule has 1 fully saturated rings. The van der Waals surface area contributed by atoms with Crippen LogP contribution in [0.3, 0.4) is 0 Å². The second-order valence-electron chi connectivity index (χ2n) is 8.81. The van der Waals surface area contributed by atoms with Crippen molar-refractivity contribution in [1.82, 2.24) is 0 Å². The molecule has 1 saturated carbocycles. The maximum Gasteiger partial charge on any atom is 0.348 e. The Morgan fingerprint density at radius 3 is 2.24 bits per heavy atom. The van der Waals surface area contributed by atoms with Gasteiger partial charge in [-0.2, -0.15) is 0 Å². The van der Waals surface area contributed by atoms with Crippen LogP contribution in [0.1, 0.15) is 30.4 Å². The largest absolute Gasteiger partial charge is 0.504 e. The third-order valence-corrected chi connectivity index (χ3v) is 6.06. The molecule has 0 aliphatic heterocycles. The van der Waals surface area contributed by atoms with E-state index in [9.17, 15) is 45.0 Å². The highest BCUT2D eigenvalue weighted by Gasteiger charge is 2.54. The maximum absolute atomic E-state index is 12.4. The Labute approximate surface area is 216 Å². The van der Waals surface area contributed by atoms with Gasteiger partial charge in [-0.05, 0) is 47.9 Å². The summed E-state index contributed by atoms with van der Waals surface area (Å²) in [7, 11) is 1.35. The standard InChI is InChI=1S/C26H28O12/c1-36-21-11-15(3-7-17(21)28)5-9-23(33)38-26(25(34)35)12-19(30)24(20(31)13-26)37-22(32)8-4-14-2-6-16(27)18(29)10-14/h2-3,5-7,9-11,19-20,24,27-31H,4,8,12-13H2,1H3,(H,34,35)/t19-,20-,24?,26?/m1/s1. The Morgan fingerprint density at radius 1 is 0.974 bits per heavy atom. The molecule has 0 unspecified atom stereocenters. The fraction of sp³-hybridized carbons (Fsp3) is 0.346. The van der Waals surface area contributed by atoms with E-state index in [-0.39, 0.29) is 35.8 Å². The molecular weight excluding hydrogens is 504 g/mol. The van der Waals surface area contributed by atoms with E-state index in [1.165, 1.54) is 49.6 Å². The van der Waals surface area contributed by atoms with Crippen LogP contribution in [0.5, 0.6) is 23.0 Å². The van der Waals surface area contributed by atoms with E-state index in [4.69, 9.17) is 14.2 Å². The first-order chi connectivity index (χ1) is 17.9. The minimum atomic E-state index is -2.28. The molecule has 0 amide bonds. The summed E-state index contributed by atoms with van der Waals surface area (Å²) in [6.45, 7) is 0. The zero-order valence-corrected chi connectivity index (χ0v) is 20.3. The number of phenols is 3. The number of methoxy groups -OCH3 is 1. The first-order valence-corrected chi connectivity index (χ1v) is 11.5. The van der Waals surface area contributed by atoms with Crippen LogP contribution in [-0.2, 0) is 30.3 Å². The lowest BCUT2D eigenvalue weighted by atomic mass is 9.79. The van der Waals surface area contributed by atoms with Crippen molar-refractivity contribution in [1.29, 1.82) is 0 Å². The van der Waals surface area contributed by atoms with Crippen molar-refractivity contribution in [3.63, 3.8) is 0 Å². The molecule has 2 aromatic carbocycles. The third kappa shape index (κ3) is 6.72. The Bertz CT molecular complexity index is 1210. The molecule has 0 bridgehead atoms. The number of phenolic OH excluding ortho intramolecular Hbond substituents is 3. The summed E-state index contributed by atoms with van der Waals surface area (Å²) in [5, 5.41) is 59.4. The molecule has 2 aromatic rings. The molecule has 38 heavy (non-hydrogen) atoms. The van der Waals surface area contributed by atoms with E-state index >= 15 is 0 Å². The summed E-state index contributed by atoms with van der Waals surface area (Å²) in [5.74, 6) is -4.09. The molecule has 0 spiro atoms. The minimum absolute atomic E-state index is 0.114. The second kappa shape index (κ2) is 11.8. The number of rotatable bonds is 9. The van der Waals surface area contributed by atoms with Crippen LogP contribution < -0.4 is 4.74 Å². The van der Waals surface area contributed by atoms with Crippen LogP contribution >= 0.6 is 0 Å². The number of carbonyl (C=O) groups excluding carboxylic acids is 2. The van der Waals surface area contributed by atoms with Gasteiger partial charge in [-0.1, -0.05) is 12.1 Å². The molecule has 2 atom stereocenters. The van der Waals surface area contributed by atoms with Gasteiger partial charge in [-0.25, -0.2) is 9.59 Å². The lowest BCUT2D eigenvalue weighted by Crippen LogP contribution is -2.59. The summed E-state index contributed by atoms with van der Waals surface area (Å²) in [6, 6.07) is 8.28. The molecule has 3 rings (SSSR count). The lowest BCUT2D eigenvalue weighted by molar-refractivity contribution is -0.209. The topological polar surface area (TPSA) is 200 Å². The van der Waals surface area contributed by atoms with Gasteiger partial charge in [0.05, 0.1) is 19.3 Å². The first kappa shape index (κ1) is 28.3. The van der Waals surface area contributed by atoms with Crippen molar-refractivity contribution in [2.24, 2.45) is 0 Å². The summed E-state index contributed by atoms with van der Waals surface area (Å²) in [4.78, 5) is 36.7. The Kier molecular flexibility index (Phi) is 8.81. The van der Waals surface area contributed by atoms with Crippen LogP contribution in [-0.4, -0.2) is 79.6 Å². The minimum Gasteiger partial charge on any atom is -0.504 e. The van der Waals surface area contributed by atoms with Gasteiger partial charge in [0.15, 0.2) is 29.1 Å². The van der Waals surface area contributed by atoms with Gasteiger partial charge in [0.1, 0.15) is 0 Å². The number of benzene rings is 2. The number of carbonyl (C=O) groups is 3. The molecule has 6 N–H and O–H groups in total. The predicted octanol–water partition coefficient (Wildman–Crippen LogP) is 1.25. The number of carboxylic acid groups (broad SMARTS) is 1. The van der Waals surface area contributed by atoms with Gasteiger partial charge in [0.25, 0.3) is 0 Å². The number of hydrogen-bond acceptors (Lipinski definition) is 11. The number of aliphatic carboxylic acids is 1. The molecule has 0 radical (unpaired) electrons. The van der Waals surface area contributed by atoms with Crippen LogP contribution in [0, 0.1) is 0 Å². The lowest BCUT2D eigenvalue weighted by Gasteiger charge is -2.41. The van der Waals surface area contributed by atoms with E-state index in [2.05, 4.69) is 0 Å². The normalized spacial score (nSPS) is 23.1. The third-order valence-electron chi connectivity index (χ3n) is 6.06. The number of aliphatic hydroxyl groups excluding tert-OH is 2. The molecule has 204 valence electrons. The van der Waals surface area contributed by atoms with E-state index in [0.29, 0.717) is 11.1 Å². The number of esters is 2. The molecule has 0 aromatic heterocycles. The number of carboxylic acids is 1. The monoisotopic (exact) mass is 532 g/mol. The van der Waals surface area contributed by atoms with Crippen LogP contribution in [0.15, 0.2) is 42.5 Å². The highest BCUT2D eigenvalue weighted by molar-refractivity contribution is 5.90. The van der Waals surface area contributed by atoms with Gasteiger partial charge < -0.3 is 44.8 Å². The summed E-state index contributed by atoms with van der Waals surface area (Å²) in [6.07, 6.45) is -3.87. The van der Waals surface area contributed by atoms with Crippen molar-refractivity contribution in [2.45, 2.75) is 49.6 Å².